The molecule has 0 aliphatic carbocycles. The summed E-state index contributed by atoms with van der Waals surface area (Å²) in [5, 5.41) is 0. The van der Waals surface area contributed by atoms with Crippen molar-refractivity contribution in [3.63, 3.8) is 0 Å². The van der Waals surface area contributed by atoms with Crippen LogP contribution in [0.3, 0.4) is 0 Å². The fourth-order valence-electron chi connectivity index (χ4n) is 2.24. The monoisotopic (exact) mass is 360 g/mol. The largest absolute Gasteiger partial charge is 0.482 e. The highest BCUT2D eigenvalue weighted by molar-refractivity contribution is 6.30. The lowest BCUT2D eigenvalue weighted by Gasteiger charge is -2.28. The molecule has 1 heterocycles. The van der Waals surface area contributed by atoms with Crippen molar-refractivity contribution < 1.29 is 28.7 Å². The molecule has 26 heavy (non-hydrogen) atoms. The topological polar surface area (TPSA) is 93.2 Å². The SMILES string of the molecule is CC(C)OC(=O)COc1ccc(C=C2C(=O)N(C)C(=O)N(C)C2=O)cc1. The minimum atomic E-state index is -0.672. The van der Waals surface area contributed by atoms with Gasteiger partial charge in [-0.25, -0.2) is 9.59 Å². The van der Waals surface area contributed by atoms with Crippen molar-refractivity contribution in [1.29, 1.82) is 0 Å². The zero-order valence-electron chi connectivity index (χ0n) is 15.0. The van der Waals surface area contributed by atoms with Crippen molar-refractivity contribution in [3.05, 3.63) is 35.4 Å². The number of esters is 1. The molecule has 4 amide bonds. The zero-order chi connectivity index (χ0) is 19.4. The Bertz CT molecular complexity index is 740. The minimum absolute atomic E-state index is 0.108. The maximum atomic E-state index is 12.1. The first-order chi connectivity index (χ1) is 12.2. The molecule has 8 heteroatoms. The number of nitrogens with zero attached hydrogens (tertiary/aromatic N) is 2. The van der Waals surface area contributed by atoms with Gasteiger partial charge in [0, 0.05) is 14.1 Å². The van der Waals surface area contributed by atoms with Gasteiger partial charge < -0.3 is 9.47 Å². The molecule has 0 radical (unpaired) electrons. The van der Waals surface area contributed by atoms with Gasteiger partial charge in [0.1, 0.15) is 11.3 Å². The number of imide groups is 2. The molecule has 1 fully saturated rings. The second-order valence-corrected chi connectivity index (χ2v) is 5.97. The third kappa shape index (κ3) is 4.27. The predicted molar refractivity (Wildman–Crippen MR) is 92.1 cm³/mol. The highest BCUT2D eigenvalue weighted by atomic mass is 16.6. The standard InChI is InChI=1S/C18H20N2O6/c1-11(2)26-15(21)10-25-13-7-5-12(6-8-13)9-14-16(22)19(3)18(24)20(4)17(14)23/h5-9,11H,10H2,1-4H3. The van der Waals surface area contributed by atoms with Gasteiger partial charge >= 0.3 is 12.0 Å². The lowest BCUT2D eigenvalue weighted by Crippen LogP contribution is -2.52. The number of rotatable bonds is 5. The molecule has 0 N–H and O–H groups in total. The van der Waals surface area contributed by atoms with E-state index < -0.39 is 23.8 Å². The summed E-state index contributed by atoms with van der Waals surface area (Å²) >= 11 is 0. The van der Waals surface area contributed by atoms with Crippen molar-refractivity contribution in [2.24, 2.45) is 0 Å². The molecule has 0 bridgehead atoms. The molecule has 1 aliphatic rings. The molecular weight excluding hydrogens is 340 g/mol. The fraction of sp³-hybridized carbons (Fsp3) is 0.333. The average molecular weight is 360 g/mol. The molecule has 0 unspecified atom stereocenters. The number of ether oxygens (including phenoxy) is 2. The van der Waals surface area contributed by atoms with E-state index in [0.29, 0.717) is 11.3 Å². The molecule has 0 aromatic heterocycles. The Balaban J connectivity index is 2.09. The van der Waals surface area contributed by atoms with E-state index in [-0.39, 0.29) is 18.3 Å². The Kier molecular flexibility index (Phi) is 5.76. The van der Waals surface area contributed by atoms with E-state index in [1.165, 1.54) is 20.2 Å². The van der Waals surface area contributed by atoms with Gasteiger partial charge in [-0.15, -0.1) is 0 Å². The normalized spacial score (nSPS) is 14.8. The molecule has 1 aromatic rings. The number of carbonyl (C=O) groups is 4. The first-order valence-corrected chi connectivity index (χ1v) is 7.94. The Morgan fingerprint density at radius 2 is 1.58 bits per heavy atom. The van der Waals surface area contributed by atoms with Crippen molar-refractivity contribution in [3.8, 4) is 5.75 Å². The van der Waals surface area contributed by atoms with Crippen LogP contribution in [0, 0.1) is 0 Å². The van der Waals surface area contributed by atoms with E-state index in [9.17, 15) is 19.2 Å². The second-order valence-electron chi connectivity index (χ2n) is 5.97. The lowest BCUT2D eigenvalue weighted by molar-refractivity contribution is -0.149. The third-order valence-corrected chi connectivity index (χ3v) is 3.56. The molecule has 8 nitrogen and oxygen atoms in total. The molecular formula is C18H20N2O6. The van der Waals surface area contributed by atoms with E-state index in [0.717, 1.165) is 9.80 Å². The summed E-state index contributed by atoms with van der Waals surface area (Å²) in [6.45, 7) is 3.28. The number of amides is 4. The average Bonchev–Trinajstić information content (AvgIpc) is 2.60. The van der Waals surface area contributed by atoms with Crippen LogP contribution in [0.15, 0.2) is 29.8 Å². The van der Waals surface area contributed by atoms with Crippen LogP contribution in [-0.2, 0) is 19.1 Å². The van der Waals surface area contributed by atoms with Crippen molar-refractivity contribution in [2.45, 2.75) is 20.0 Å². The molecule has 0 saturated carbocycles. The van der Waals surface area contributed by atoms with Crippen molar-refractivity contribution >= 4 is 29.9 Å². The van der Waals surface area contributed by atoms with Crippen molar-refractivity contribution in [1.82, 2.24) is 9.80 Å². The summed E-state index contributed by atoms with van der Waals surface area (Å²) in [4.78, 5) is 49.2. The highest BCUT2D eigenvalue weighted by Gasteiger charge is 2.37. The van der Waals surface area contributed by atoms with E-state index in [1.807, 2.05) is 0 Å². The molecule has 0 atom stereocenters. The molecule has 138 valence electrons. The Labute approximate surface area is 151 Å². The van der Waals surface area contributed by atoms with E-state index in [1.54, 1.807) is 38.1 Å². The fourth-order valence-corrected chi connectivity index (χ4v) is 2.24. The number of benzene rings is 1. The highest BCUT2D eigenvalue weighted by Crippen LogP contribution is 2.19. The molecule has 1 aromatic carbocycles. The summed E-state index contributed by atoms with van der Waals surface area (Å²) in [7, 11) is 2.63. The van der Waals surface area contributed by atoms with Crippen LogP contribution < -0.4 is 4.74 Å². The van der Waals surface area contributed by atoms with Gasteiger partial charge in [0.15, 0.2) is 6.61 Å². The molecule has 1 saturated heterocycles. The van der Waals surface area contributed by atoms with Gasteiger partial charge in [-0.1, -0.05) is 12.1 Å². The minimum Gasteiger partial charge on any atom is -0.482 e. The van der Waals surface area contributed by atoms with Gasteiger partial charge in [0.25, 0.3) is 11.8 Å². The number of carbonyl (C=O) groups excluding carboxylic acids is 4. The van der Waals surface area contributed by atoms with Crippen LogP contribution in [0.4, 0.5) is 4.79 Å². The second kappa shape index (κ2) is 7.81. The molecule has 0 spiro atoms. The number of urea groups is 1. The van der Waals surface area contributed by atoms with Gasteiger partial charge in [-0.2, -0.15) is 0 Å². The summed E-state index contributed by atoms with van der Waals surface area (Å²) in [5.74, 6) is -1.34. The zero-order valence-corrected chi connectivity index (χ0v) is 15.0. The number of hydrogen-bond acceptors (Lipinski definition) is 6. The number of hydrogen-bond donors (Lipinski definition) is 0. The van der Waals surface area contributed by atoms with Gasteiger partial charge in [-0.3, -0.25) is 19.4 Å². The van der Waals surface area contributed by atoms with Crippen molar-refractivity contribution in [2.75, 3.05) is 20.7 Å². The summed E-state index contributed by atoms with van der Waals surface area (Å²) in [6.07, 6.45) is 1.19. The van der Waals surface area contributed by atoms with Gasteiger partial charge in [0.2, 0.25) is 0 Å². The van der Waals surface area contributed by atoms with E-state index >= 15 is 0 Å². The summed E-state index contributed by atoms with van der Waals surface area (Å²) < 4.78 is 10.3. The molecule has 1 aliphatic heterocycles. The molecule has 2 rings (SSSR count). The Morgan fingerprint density at radius 3 is 2.08 bits per heavy atom. The maximum absolute atomic E-state index is 12.1. The number of likely N-dealkylation sites (N-methyl/N-ethyl adjacent to an activating group) is 2. The van der Waals surface area contributed by atoms with Crippen LogP contribution in [0.25, 0.3) is 6.08 Å². The third-order valence-electron chi connectivity index (χ3n) is 3.56. The summed E-state index contributed by atoms with van der Waals surface area (Å²) in [5.41, 5.74) is 0.471. The van der Waals surface area contributed by atoms with Crippen LogP contribution in [0.1, 0.15) is 19.4 Å². The van der Waals surface area contributed by atoms with Gasteiger partial charge in [0.05, 0.1) is 6.10 Å². The Morgan fingerprint density at radius 1 is 1.04 bits per heavy atom. The maximum Gasteiger partial charge on any atom is 0.344 e. The Hall–Kier alpha value is -3.16. The van der Waals surface area contributed by atoms with E-state index in [4.69, 9.17) is 9.47 Å². The summed E-state index contributed by atoms with van der Waals surface area (Å²) in [6, 6.07) is 5.80. The first-order valence-electron chi connectivity index (χ1n) is 7.94. The number of barbiturate groups is 1. The van der Waals surface area contributed by atoms with Crippen LogP contribution in [-0.4, -0.2) is 60.4 Å². The smallest absolute Gasteiger partial charge is 0.344 e. The first kappa shape index (κ1) is 19.2. The van der Waals surface area contributed by atoms with Crippen LogP contribution >= 0.6 is 0 Å². The van der Waals surface area contributed by atoms with E-state index in [2.05, 4.69) is 0 Å². The van der Waals surface area contributed by atoms with Crippen LogP contribution in [0.2, 0.25) is 0 Å². The predicted octanol–water partition coefficient (Wildman–Crippen LogP) is 1.45. The van der Waals surface area contributed by atoms with Gasteiger partial charge in [-0.05, 0) is 37.6 Å². The van der Waals surface area contributed by atoms with Crippen LogP contribution in [0.5, 0.6) is 5.75 Å². The quantitative estimate of drug-likeness (QED) is 0.448. The lowest BCUT2D eigenvalue weighted by atomic mass is 10.1.